The van der Waals surface area contributed by atoms with Crippen LogP contribution in [-0.4, -0.2) is 14.9 Å². The summed E-state index contributed by atoms with van der Waals surface area (Å²) in [6.07, 6.45) is 1.28. The molecule has 0 spiro atoms. The number of halogens is 1. The van der Waals surface area contributed by atoms with Gasteiger partial charge in [0.1, 0.15) is 6.33 Å². The quantitative estimate of drug-likeness (QED) is 0.477. The van der Waals surface area contributed by atoms with Gasteiger partial charge in [0.25, 0.3) is 0 Å². The highest BCUT2D eigenvalue weighted by atomic mass is 35.5. The summed E-state index contributed by atoms with van der Waals surface area (Å²) < 4.78 is 0. The van der Waals surface area contributed by atoms with Gasteiger partial charge in [0.05, 0.1) is 4.92 Å². The number of anilines is 4. The normalized spacial score (nSPS) is 10.4. The number of nitrogens with one attached hydrogen (secondary N) is 2. The van der Waals surface area contributed by atoms with Crippen molar-refractivity contribution in [1.29, 1.82) is 0 Å². The summed E-state index contributed by atoms with van der Waals surface area (Å²) in [5, 5.41) is 18.2. The first-order valence-corrected chi connectivity index (χ1v) is 8.18. The van der Waals surface area contributed by atoms with Crippen molar-refractivity contribution in [3.05, 3.63) is 75.1 Å². The molecule has 132 valence electrons. The first-order valence-electron chi connectivity index (χ1n) is 7.81. The molecular weight excluding hydrogens is 354 g/mol. The Kier molecular flexibility index (Phi) is 4.99. The van der Waals surface area contributed by atoms with E-state index in [0.717, 1.165) is 16.8 Å². The lowest BCUT2D eigenvalue weighted by molar-refractivity contribution is -0.383. The molecule has 0 atom stereocenters. The van der Waals surface area contributed by atoms with E-state index < -0.39 is 4.92 Å². The van der Waals surface area contributed by atoms with Crippen LogP contribution in [0, 0.1) is 24.0 Å². The molecule has 0 saturated heterocycles. The minimum Gasteiger partial charge on any atom is -0.334 e. The van der Waals surface area contributed by atoms with Crippen molar-refractivity contribution in [1.82, 2.24) is 9.97 Å². The number of aromatic nitrogens is 2. The molecule has 26 heavy (non-hydrogen) atoms. The van der Waals surface area contributed by atoms with Gasteiger partial charge in [-0.1, -0.05) is 23.7 Å². The van der Waals surface area contributed by atoms with E-state index in [1.54, 1.807) is 24.3 Å². The molecule has 3 aromatic rings. The van der Waals surface area contributed by atoms with Gasteiger partial charge < -0.3 is 10.6 Å². The molecule has 7 nitrogen and oxygen atoms in total. The largest absolute Gasteiger partial charge is 0.353 e. The molecule has 0 bridgehead atoms. The molecule has 0 unspecified atom stereocenters. The summed E-state index contributed by atoms with van der Waals surface area (Å²) >= 11 is 5.87. The van der Waals surface area contributed by atoms with Gasteiger partial charge in [0, 0.05) is 16.4 Å². The van der Waals surface area contributed by atoms with E-state index in [1.165, 1.54) is 6.33 Å². The molecule has 0 saturated carbocycles. The molecule has 2 aromatic carbocycles. The topological polar surface area (TPSA) is 93.0 Å². The Hall–Kier alpha value is -3.19. The molecule has 3 rings (SSSR count). The second-order valence-corrected chi connectivity index (χ2v) is 6.12. The molecule has 0 fully saturated rings. The third kappa shape index (κ3) is 3.73. The molecule has 0 radical (unpaired) electrons. The number of nitrogens with zero attached hydrogens (tertiary/aromatic N) is 3. The van der Waals surface area contributed by atoms with Gasteiger partial charge in [-0.25, -0.2) is 9.97 Å². The van der Waals surface area contributed by atoms with E-state index in [9.17, 15) is 10.1 Å². The summed E-state index contributed by atoms with van der Waals surface area (Å²) in [5.41, 5.74) is 3.22. The maximum absolute atomic E-state index is 11.7. The second-order valence-electron chi connectivity index (χ2n) is 5.68. The summed E-state index contributed by atoms with van der Waals surface area (Å²) in [6.45, 7) is 3.92. The fourth-order valence-electron chi connectivity index (χ4n) is 2.42. The highest BCUT2D eigenvalue weighted by molar-refractivity contribution is 6.30. The van der Waals surface area contributed by atoms with Crippen molar-refractivity contribution in [2.24, 2.45) is 0 Å². The van der Waals surface area contributed by atoms with Crippen molar-refractivity contribution in [3.8, 4) is 0 Å². The average molecular weight is 370 g/mol. The van der Waals surface area contributed by atoms with Crippen molar-refractivity contribution >= 4 is 40.3 Å². The van der Waals surface area contributed by atoms with Gasteiger partial charge in [-0.15, -0.1) is 0 Å². The average Bonchev–Trinajstić information content (AvgIpc) is 2.61. The predicted octanol–water partition coefficient (Wildman–Crippen LogP) is 5.14. The molecule has 0 aliphatic heterocycles. The van der Waals surface area contributed by atoms with E-state index in [4.69, 9.17) is 11.6 Å². The number of rotatable bonds is 5. The van der Waals surface area contributed by atoms with E-state index in [1.807, 2.05) is 32.0 Å². The minimum atomic E-state index is -0.508. The third-order valence-corrected chi connectivity index (χ3v) is 4.22. The van der Waals surface area contributed by atoms with Crippen LogP contribution in [0.15, 0.2) is 48.8 Å². The molecule has 0 aliphatic rings. The van der Waals surface area contributed by atoms with E-state index in [0.29, 0.717) is 10.7 Å². The minimum absolute atomic E-state index is 0.0973. The Labute approximate surface area is 155 Å². The van der Waals surface area contributed by atoms with Crippen LogP contribution in [0.5, 0.6) is 0 Å². The lowest BCUT2D eigenvalue weighted by atomic mass is 10.1. The highest BCUT2D eigenvalue weighted by Gasteiger charge is 2.23. The van der Waals surface area contributed by atoms with Crippen LogP contribution in [0.4, 0.5) is 28.7 Å². The fraction of sp³-hybridized carbons (Fsp3) is 0.111. The zero-order valence-electron chi connectivity index (χ0n) is 14.2. The Balaban J connectivity index is 1.99. The zero-order valence-corrected chi connectivity index (χ0v) is 14.9. The van der Waals surface area contributed by atoms with Crippen molar-refractivity contribution < 1.29 is 4.92 Å². The van der Waals surface area contributed by atoms with Crippen LogP contribution in [0.3, 0.4) is 0 Å². The van der Waals surface area contributed by atoms with Gasteiger partial charge in [0.15, 0.2) is 0 Å². The highest BCUT2D eigenvalue weighted by Crippen LogP contribution is 2.34. The van der Waals surface area contributed by atoms with Crippen LogP contribution in [0.2, 0.25) is 5.02 Å². The Bertz CT molecular complexity index is 960. The van der Waals surface area contributed by atoms with Gasteiger partial charge in [-0.05, 0) is 55.3 Å². The smallest absolute Gasteiger partial charge is 0.334 e. The summed E-state index contributed by atoms with van der Waals surface area (Å²) in [7, 11) is 0. The predicted molar refractivity (Wildman–Crippen MR) is 103 cm³/mol. The summed E-state index contributed by atoms with van der Waals surface area (Å²) in [5.74, 6) is 0.218. The number of nitro groups is 1. The lowest BCUT2D eigenvalue weighted by Gasteiger charge is -2.12. The first-order chi connectivity index (χ1) is 12.5. The number of hydrogen-bond acceptors (Lipinski definition) is 6. The van der Waals surface area contributed by atoms with Crippen molar-refractivity contribution in [2.45, 2.75) is 13.8 Å². The van der Waals surface area contributed by atoms with Gasteiger partial charge in [-0.2, -0.15) is 0 Å². The molecular formula is C18H16ClN5O2. The first kappa shape index (κ1) is 17.6. The zero-order chi connectivity index (χ0) is 18.7. The van der Waals surface area contributed by atoms with Crippen molar-refractivity contribution in [2.75, 3.05) is 10.6 Å². The van der Waals surface area contributed by atoms with Crippen LogP contribution in [0.25, 0.3) is 0 Å². The molecule has 2 N–H and O–H groups in total. The third-order valence-electron chi connectivity index (χ3n) is 3.97. The molecule has 1 heterocycles. The van der Waals surface area contributed by atoms with Crippen LogP contribution in [-0.2, 0) is 0 Å². The Morgan fingerprint density at radius 1 is 1.00 bits per heavy atom. The van der Waals surface area contributed by atoms with Crippen LogP contribution < -0.4 is 10.6 Å². The summed E-state index contributed by atoms with van der Waals surface area (Å²) in [6, 6.07) is 12.5. The standard InChI is InChI=1S/C18H16ClN5O2/c1-11-4-3-5-15(12(11)2)23-18-16(24(25)26)17(20-10-21-18)22-14-8-6-13(19)7-9-14/h3-10H,1-2H3,(H2,20,21,22,23). The van der Waals surface area contributed by atoms with E-state index >= 15 is 0 Å². The van der Waals surface area contributed by atoms with Gasteiger partial charge in [0.2, 0.25) is 11.6 Å². The van der Waals surface area contributed by atoms with Crippen LogP contribution >= 0.6 is 11.6 Å². The van der Waals surface area contributed by atoms with E-state index in [2.05, 4.69) is 20.6 Å². The Morgan fingerprint density at radius 2 is 1.65 bits per heavy atom. The Morgan fingerprint density at radius 3 is 2.31 bits per heavy atom. The second kappa shape index (κ2) is 7.37. The van der Waals surface area contributed by atoms with E-state index in [-0.39, 0.29) is 17.3 Å². The maximum Gasteiger partial charge on any atom is 0.353 e. The van der Waals surface area contributed by atoms with Crippen LogP contribution in [0.1, 0.15) is 11.1 Å². The fourth-order valence-corrected chi connectivity index (χ4v) is 2.54. The molecule has 0 aliphatic carbocycles. The number of benzene rings is 2. The SMILES string of the molecule is Cc1cccc(Nc2ncnc(Nc3ccc(Cl)cc3)c2[N+](=O)[O-])c1C. The maximum atomic E-state index is 11.7. The van der Waals surface area contributed by atoms with Crippen molar-refractivity contribution in [3.63, 3.8) is 0 Å². The van der Waals surface area contributed by atoms with Gasteiger partial charge in [-0.3, -0.25) is 10.1 Å². The van der Waals surface area contributed by atoms with Gasteiger partial charge >= 0.3 is 5.69 Å². The molecule has 1 aromatic heterocycles. The number of aryl methyl sites for hydroxylation is 1. The molecule has 0 amide bonds. The molecule has 8 heteroatoms. The summed E-state index contributed by atoms with van der Waals surface area (Å²) in [4.78, 5) is 19.2. The number of hydrogen-bond donors (Lipinski definition) is 2. The monoisotopic (exact) mass is 369 g/mol. The lowest BCUT2D eigenvalue weighted by Crippen LogP contribution is -2.06.